The maximum atomic E-state index is 12.2. The largest absolute Gasteiger partial charge is 0.573 e. The van der Waals surface area contributed by atoms with Crippen molar-refractivity contribution in [2.75, 3.05) is 5.32 Å². The number of alkyl halides is 3. The lowest BCUT2D eigenvalue weighted by molar-refractivity contribution is -0.274. The predicted octanol–water partition coefficient (Wildman–Crippen LogP) is 4.76. The van der Waals surface area contributed by atoms with E-state index in [9.17, 15) is 22.8 Å². The summed E-state index contributed by atoms with van der Waals surface area (Å²) in [6.45, 7) is 0.484. The van der Waals surface area contributed by atoms with Crippen LogP contribution in [-0.4, -0.2) is 18.2 Å². The summed E-state index contributed by atoms with van der Waals surface area (Å²) in [5.74, 6) is -0.989. The molecule has 0 bridgehead atoms. The van der Waals surface area contributed by atoms with E-state index < -0.39 is 18.0 Å². The van der Waals surface area contributed by atoms with Gasteiger partial charge in [-0.05, 0) is 53.4 Å². The molecule has 0 unspecified atom stereocenters. The monoisotopic (exact) mass is 434 g/mol. The number of hydrogen-bond donors (Lipinski definition) is 2. The van der Waals surface area contributed by atoms with Crippen LogP contribution in [-0.2, 0) is 17.8 Å². The van der Waals surface area contributed by atoms with Gasteiger partial charge >= 0.3 is 6.36 Å². The number of thiophene rings is 1. The van der Waals surface area contributed by atoms with Crippen molar-refractivity contribution in [1.82, 2.24) is 5.32 Å². The quantitative estimate of drug-likeness (QED) is 0.564. The molecule has 0 atom stereocenters. The number of rotatable bonds is 7. The molecule has 3 aromatic rings. The topological polar surface area (TPSA) is 67.4 Å². The maximum Gasteiger partial charge on any atom is 0.573 e. The van der Waals surface area contributed by atoms with Gasteiger partial charge in [0.1, 0.15) is 5.75 Å². The first-order valence-electron chi connectivity index (χ1n) is 8.84. The fourth-order valence-electron chi connectivity index (χ4n) is 2.56. The molecule has 0 fully saturated rings. The van der Waals surface area contributed by atoms with Gasteiger partial charge in [-0.25, -0.2) is 0 Å². The molecule has 0 spiro atoms. The SMILES string of the molecule is O=C(Cc1ccc(NC(=O)c2ccc(OC(F)(F)F)cc2)cc1)NCc1cccs1. The van der Waals surface area contributed by atoms with Gasteiger partial charge in [0, 0.05) is 16.1 Å². The molecule has 30 heavy (non-hydrogen) atoms. The van der Waals surface area contributed by atoms with Crippen molar-refractivity contribution in [2.45, 2.75) is 19.3 Å². The number of anilines is 1. The molecule has 9 heteroatoms. The molecule has 0 aliphatic carbocycles. The van der Waals surface area contributed by atoms with E-state index >= 15 is 0 Å². The van der Waals surface area contributed by atoms with E-state index in [0.717, 1.165) is 22.6 Å². The van der Waals surface area contributed by atoms with E-state index in [1.807, 2.05) is 17.5 Å². The Morgan fingerprint density at radius 1 is 0.967 bits per heavy atom. The second kappa shape index (κ2) is 9.45. The van der Waals surface area contributed by atoms with Crippen molar-refractivity contribution in [3.05, 3.63) is 82.0 Å². The first-order valence-corrected chi connectivity index (χ1v) is 9.72. The van der Waals surface area contributed by atoms with E-state index in [0.29, 0.717) is 12.2 Å². The number of amides is 2. The van der Waals surface area contributed by atoms with E-state index in [-0.39, 0.29) is 17.9 Å². The Labute approximate surface area is 174 Å². The second-order valence-corrected chi connectivity index (χ2v) is 7.29. The summed E-state index contributed by atoms with van der Waals surface area (Å²) in [5.41, 5.74) is 1.46. The van der Waals surface area contributed by atoms with Crippen LogP contribution in [0.5, 0.6) is 5.75 Å². The Hall–Kier alpha value is -3.33. The number of carbonyl (C=O) groups excluding carboxylic acids is 2. The average Bonchev–Trinajstić information content (AvgIpc) is 3.21. The van der Waals surface area contributed by atoms with E-state index in [1.54, 1.807) is 35.6 Å². The van der Waals surface area contributed by atoms with Gasteiger partial charge in [0.2, 0.25) is 5.91 Å². The van der Waals surface area contributed by atoms with Crippen LogP contribution in [0.3, 0.4) is 0 Å². The van der Waals surface area contributed by atoms with E-state index in [2.05, 4.69) is 15.4 Å². The molecule has 5 nitrogen and oxygen atoms in total. The highest BCUT2D eigenvalue weighted by Crippen LogP contribution is 2.23. The van der Waals surface area contributed by atoms with Crippen LogP contribution < -0.4 is 15.4 Å². The minimum atomic E-state index is -4.79. The zero-order chi connectivity index (χ0) is 21.6. The van der Waals surface area contributed by atoms with Gasteiger partial charge in [0.25, 0.3) is 5.91 Å². The molecule has 3 rings (SSSR count). The van der Waals surface area contributed by atoms with Crippen molar-refractivity contribution in [1.29, 1.82) is 0 Å². The first-order chi connectivity index (χ1) is 14.3. The van der Waals surface area contributed by atoms with Gasteiger partial charge in [-0.2, -0.15) is 0 Å². The van der Waals surface area contributed by atoms with Crippen molar-refractivity contribution >= 4 is 28.8 Å². The van der Waals surface area contributed by atoms with Crippen LogP contribution in [0.4, 0.5) is 18.9 Å². The van der Waals surface area contributed by atoms with Crippen molar-refractivity contribution < 1.29 is 27.5 Å². The number of ether oxygens (including phenoxy) is 1. The highest BCUT2D eigenvalue weighted by atomic mass is 32.1. The van der Waals surface area contributed by atoms with Gasteiger partial charge in [0.05, 0.1) is 13.0 Å². The molecule has 0 saturated heterocycles. The maximum absolute atomic E-state index is 12.2. The third-order valence-corrected chi connectivity index (χ3v) is 4.84. The molecular weight excluding hydrogens is 417 g/mol. The van der Waals surface area contributed by atoms with Crippen LogP contribution in [0.2, 0.25) is 0 Å². The van der Waals surface area contributed by atoms with E-state index in [4.69, 9.17) is 0 Å². The normalized spacial score (nSPS) is 11.0. The zero-order valence-electron chi connectivity index (χ0n) is 15.5. The van der Waals surface area contributed by atoms with Crippen LogP contribution in [0.15, 0.2) is 66.0 Å². The van der Waals surface area contributed by atoms with Crippen LogP contribution in [0.25, 0.3) is 0 Å². The van der Waals surface area contributed by atoms with Gasteiger partial charge < -0.3 is 15.4 Å². The molecule has 2 aromatic carbocycles. The smallest absolute Gasteiger partial charge is 0.406 e. The molecule has 0 radical (unpaired) electrons. The summed E-state index contributed by atoms with van der Waals surface area (Å²) < 4.78 is 40.3. The molecule has 1 aromatic heterocycles. The first kappa shape index (κ1) is 21.4. The number of halogens is 3. The Kier molecular flexibility index (Phi) is 6.73. The Balaban J connectivity index is 1.51. The summed E-state index contributed by atoms with van der Waals surface area (Å²) >= 11 is 1.57. The fraction of sp³-hybridized carbons (Fsp3) is 0.143. The lowest BCUT2D eigenvalue weighted by Gasteiger charge is -2.10. The molecule has 2 amide bonds. The predicted molar refractivity (Wildman–Crippen MR) is 107 cm³/mol. The van der Waals surface area contributed by atoms with Crippen molar-refractivity contribution in [3.8, 4) is 5.75 Å². The number of carbonyl (C=O) groups is 2. The average molecular weight is 434 g/mol. The van der Waals surface area contributed by atoms with Gasteiger partial charge in [-0.15, -0.1) is 24.5 Å². The summed E-state index contributed by atoms with van der Waals surface area (Å²) in [6, 6.07) is 15.2. The molecule has 2 N–H and O–H groups in total. The van der Waals surface area contributed by atoms with E-state index in [1.165, 1.54) is 12.1 Å². The Bertz CT molecular complexity index is 986. The zero-order valence-corrected chi connectivity index (χ0v) is 16.3. The standard InChI is InChI=1S/C21H17F3N2O3S/c22-21(23,24)29-17-9-5-15(6-10-17)20(28)26-16-7-3-14(4-8-16)12-19(27)25-13-18-2-1-11-30-18/h1-11H,12-13H2,(H,25,27)(H,26,28). The lowest BCUT2D eigenvalue weighted by Crippen LogP contribution is -2.24. The van der Waals surface area contributed by atoms with Gasteiger partial charge in [-0.3, -0.25) is 9.59 Å². The molecule has 1 heterocycles. The van der Waals surface area contributed by atoms with Crippen LogP contribution >= 0.6 is 11.3 Å². The minimum absolute atomic E-state index is 0.110. The van der Waals surface area contributed by atoms with Gasteiger partial charge in [0.15, 0.2) is 0 Å². The summed E-state index contributed by atoms with van der Waals surface area (Å²) in [6.07, 6.45) is -4.58. The molecule has 0 saturated carbocycles. The summed E-state index contributed by atoms with van der Waals surface area (Å²) in [7, 11) is 0. The third-order valence-electron chi connectivity index (χ3n) is 3.97. The van der Waals surface area contributed by atoms with Crippen molar-refractivity contribution in [2.24, 2.45) is 0 Å². The number of benzene rings is 2. The minimum Gasteiger partial charge on any atom is -0.406 e. The van der Waals surface area contributed by atoms with Crippen LogP contribution in [0.1, 0.15) is 20.8 Å². The number of hydrogen-bond acceptors (Lipinski definition) is 4. The summed E-state index contributed by atoms with van der Waals surface area (Å²) in [5, 5.41) is 7.43. The third kappa shape index (κ3) is 6.63. The highest BCUT2D eigenvalue weighted by Gasteiger charge is 2.31. The van der Waals surface area contributed by atoms with Gasteiger partial charge in [-0.1, -0.05) is 18.2 Å². The molecular formula is C21H17F3N2O3S. The molecule has 0 aliphatic heterocycles. The molecule has 156 valence electrons. The fourth-order valence-corrected chi connectivity index (χ4v) is 3.21. The lowest BCUT2D eigenvalue weighted by atomic mass is 10.1. The Morgan fingerprint density at radius 2 is 1.67 bits per heavy atom. The Morgan fingerprint density at radius 3 is 2.27 bits per heavy atom. The van der Waals surface area contributed by atoms with Crippen LogP contribution in [0, 0.1) is 0 Å². The molecule has 0 aliphatic rings. The summed E-state index contributed by atoms with van der Waals surface area (Å²) in [4.78, 5) is 25.3. The highest BCUT2D eigenvalue weighted by molar-refractivity contribution is 7.09. The second-order valence-electron chi connectivity index (χ2n) is 6.26. The number of nitrogens with one attached hydrogen (secondary N) is 2. The van der Waals surface area contributed by atoms with Crippen molar-refractivity contribution in [3.63, 3.8) is 0 Å².